The molecule has 0 spiro atoms. The largest absolute Gasteiger partial charge is 0.345 e. The summed E-state index contributed by atoms with van der Waals surface area (Å²) in [7, 11) is 0. The van der Waals surface area contributed by atoms with Gasteiger partial charge in [0, 0.05) is 11.1 Å². The van der Waals surface area contributed by atoms with Crippen LogP contribution in [-0.2, 0) is 0 Å². The van der Waals surface area contributed by atoms with E-state index in [-0.39, 0.29) is 5.56 Å². The Morgan fingerprint density at radius 3 is 2.73 bits per heavy atom. The van der Waals surface area contributed by atoms with Gasteiger partial charge in [-0.3, -0.25) is 9.78 Å². The van der Waals surface area contributed by atoms with Gasteiger partial charge in [0.25, 0.3) is 5.91 Å². The smallest absolute Gasteiger partial charge is 0.251 e. The first kappa shape index (κ1) is 14.5. The highest BCUT2D eigenvalue weighted by molar-refractivity contribution is 7.16. The number of fused-ring (bicyclic) bond motifs is 1. The molecule has 2 aromatic heterocycles. The van der Waals surface area contributed by atoms with Gasteiger partial charge in [-0.05, 0) is 25.1 Å². The minimum atomic E-state index is -0.812. The van der Waals surface area contributed by atoms with Crippen LogP contribution in [0, 0.1) is 11.6 Å². The Morgan fingerprint density at radius 2 is 2.00 bits per heavy atom. The third-order valence-electron chi connectivity index (χ3n) is 3.26. The third-order valence-corrected chi connectivity index (χ3v) is 4.06. The minimum Gasteiger partial charge on any atom is -0.345 e. The van der Waals surface area contributed by atoms with Crippen LogP contribution in [0.1, 0.15) is 28.9 Å². The van der Waals surface area contributed by atoms with Crippen molar-refractivity contribution in [3.05, 3.63) is 58.9 Å². The molecule has 0 saturated heterocycles. The van der Waals surface area contributed by atoms with Crippen molar-refractivity contribution in [1.82, 2.24) is 15.3 Å². The molecule has 2 heterocycles. The number of halogens is 2. The lowest BCUT2D eigenvalue weighted by atomic mass is 10.1. The quantitative estimate of drug-likeness (QED) is 0.804. The van der Waals surface area contributed by atoms with Crippen molar-refractivity contribution in [2.24, 2.45) is 0 Å². The maximum atomic E-state index is 13.7. The summed E-state index contributed by atoms with van der Waals surface area (Å²) < 4.78 is 28.2. The first-order valence-electron chi connectivity index (χ1n) is 6.49. The number of hydrogen-bond acceptors (Lipinski definition) is 4. The van der Waals surface area contributed by atoms with Gasteiger partial charge in [-0.25, -0.2) is 13.8 Å². The summed E-state index contributed by atoms with van der Waals surface area (Å²) in [5.41, 5.74) is 2.71. The average Bonchev–Trinajstić information content (AvgIpc) is 2.94. The third kappa shape index (κ3) is 2.67. The van der Waals surface area contributed by atoms with Crippen molar-refractivity contribution >= 4 is 27.5 Å². The molecule has 0 radical (unpaired) electrons. The number of aromatic nitrogens is 2. The van der Waals surface area contributed by atoms with E-state index in [9.17, 15) is 13.6 Å². The highest BCUT2D eigenvalue weighted by Gasteiger charge is 2.19. The topological polar surface area (TPSA) is 54.9 Å². The molecule has 22 heavy (non-hydrogen) atoms. The fourth-order valence-corrected chi connectivity index (χ4v) is 2.90. The van der Waals surface area contributed by atoms with E-state index in [0.29, 0.717) is 5.56 Å². The van der Waals surface area contributed by atoms with Crippen LogP contribution in [0.5, 0.6) is 0 Å². The van der Waals surface area contributed by atoms with Gasteiger partial charge >= 0.3 is 0 Å². The number of hydrogen-bond donors (Lipinski definition) is 1. The van der Waals surface area contributed by atoms with Gasteiger partial charge in [0.05, 0.1) is 34.2 Å². The van der Waals surface area contributed by atoms with Gasteiger partial charge in [-0.2, -0.15) is 0 Å². The molecule has 0 aliphatic carbocycles. The van der Waals surface area contributed by atoms with Crippen LogP contribution in [0.15, 0.2) is 36.1 Å². The van der Waals surface area contributed by atoms with Gasteiger partial charge < -0.3 is 5.32 Å². The predicted octanol–water partition coefficient (Wildman–Crippen LogP) is 3.46. The van der Waals surface area contributed by atoms with Crippen LogP contribution in [0.4, 0.5) is 8.78 Å². The number of rotatable bonds is 3. The zero-order chi connectivity index (χ0) is 15.7. The van der Waals surface area contributed by atoms with Gasteiger partial charge in [-0.1, -0.05) is 0 Å². The fraction of sp³-hybridized carbons (Fsp3) is 0.133. The van der Waals surface area contributed by atoms with Gasteiger partial charge in [0.2, 0.25) is 0 Å². The van der Waals surface area contributed by atoms with Crippen LogP contribution in [0.2, 0.25) is 0 Å². The minimum absolute atomic E-state index is 0.206. The van der Waals surface area contributed by atoms with Crippen LogP contribution in [-0.4, -0.2) is 15.9 Å². The summed E-state index contributed by atoms with van der Waals surface area (Å²) in [6, 6.07) is 4.25. The molecular formula is C15H11F2N3OS. The van der Waals surface area contributed by atoms with Gasteiger partial charge in [0.15, 0.2) is 0 Å². The monoisotopic (exact) mass is 319 g/mol. The van der Waals surface area contributed by atoms with Crippen molar-refractivity contribution in [3.63, 3.8) is 0 Å². The Morgan fingerprint density at radius 1 is 1.27 bits per heavy atom. The van der Waals surface area contributed by atoms with Gasteiger partial charge in [-0.15, -0.1) is 11.3 Å². The second kappa shape index (κ2) is 5.76. The second-order valence-corrected chi connectivity index (χ2v) is 5.63. The molecule has 1 amide bonds. The molecule has 0 saturated carbocycles. The number of nitrogens with zero attached hydrogens (tertiary/aromatic N) is 2. The summed E-state index contributed by atoms with van der Waals surface area (Å²) in [5, 5.41) is 2.59. The second-order valence-electron chi connectivity index (χ2n) is 4.75. The lowest BCUT2D eigenvalue weighted by Gasteiger charge is -2.15. The molecule has 1 unspecified atom stereocenters. The summed E-state index contributed by atoms with van der Waals surface area (Å²) >= 11 is 1.42. The zero-order valence-electron chi connectivity index (χ0n) is 11.5. The Kier molecular flexibility index (Phi) is 3.81. The fourth-order valence-electron chi connectivity index (χ4n) is 2.18. The van der Waals surface area contributed by atoms with E-state index in [2.05, 4.69) is 15.3 Å². The zero-order valence-corrected chi connectivity index (χ0v) is 12.3. The summed E-state index contributed by atoms with van der Waals surface area (Å²) in [4.78, 5) is 19.8. The standard InChI is InChI=1S/C15H11F2N3OS/c1-8(14-10(16)5-18-6-11(14)17)20-15(21)9-2-3-12-13(4-9)22-7-19-12/h2-8H,1H3,(H,20,21). The highest BCUT2D eigenvalue weighted by atomic mass is 32.1. The van der Waals surface area contributed by atoms with Crippen molar-refractivity contribution in [1.29, 1.82) is 0 Å². The Bertz CT molecular complexity index is 829. The normalized spacial score (nSPS) is 12.3. The number of thiazole rings is 1. The molecule has 1 atom stereocenters. The first-order chi connectivity index (χ1) is 10.6. The summed E-state index contributed by atoms with van der Waals surface area (Å²) in [6.45, 7) is 1.52. The lowest BCUT2D eigenvalue weighted by molar-refractivity contribution is 0.0939. The molecule has 0 aliphatic rings. The Balaban J connectivity index is 1.84. The number of nitrogens with one attached hydrogen (secondary N) is 1. The van der Waals surface area contributed by atoms with Crippen LogP contribution in [0.3, 0.4) is 0 Å². The molecule has 7 heteroatoms. The number of carbonyl (C=O) groups excluding carboxylic acids is 1. The van der Waals surface area contributed by atoms with E-state index in [1.54, 1.807) is 23.7 Å². The van der Waals surface area contributed by atoms with Crippen molar-refractivity contribution in [3.8, 4) is 0 Å². The molecule has 3 rings (SSSR count). The number of amides is 1. The van der Waals surface area contributed by atoms with E-state index in [4.69, 9.17) is 0 Å². The number of benzene rings is 1. The van der Waals surface area contributed by atoms with Crippen LogP contribution >= 0.6 is 11.3 Å². The van der Waals surface area contributed by atoms with E-state index in [0.717, 1.165) is 22.6 Å². The molecule has 0 fully saturated rings. The van der Waals surface area contributed by atoms with Crippen molar-refractivity contribution < 1.29 is 13.6 Å². The van der Waals surface area contributed by atoms with E-state index >= 15 is 0 Å². The maximum Gasteiger partial charge on any atom is 0.251 e. The number of carbonyl (C=O) groups is 1. The SMILES string of the molecule is CC(NC(=O)c1ccc2ncsc2c1)c1c(F)cncc1F. The molecule has 0 aliphatic heterocycles. The molecule has 1 N–H and O–H groups in total. The van der Waals surface area contributed by atoms with Crippen LogP contribution < -0.4 is 5.32 Å². The number of pyridine rings is 1. The maximum absolute atomic E-state index is 13.7. The molecule has 112 valence electrons. The van der Waals surface area contributed by atoms with Crippen LogP contribution in [0.25, 0.3) is 10.2 Å². The molecular weight excluding hydrogens is 308 g/mol. The van der Waals surface area contributed by atoms with E-state index < -0.39 is 23.6 Å². The summed E-state index contributed by atoms with van der Waals surface area (Å²) in [6.07, 6.45) is 1.84. The average molecular weight is 319 g/mol. The molecule has 4 nitrogen and oxygen atoms in total. The lowest BCUT2D eigenvalue weighted by Crippen LogP contribution is -2.28. The van der Waals surface area contributed by atoms with E-state index in [1.165, 1.54) is 18.3 Å². The Hall–Kier alpha value is -2.41. The van der Waals surface area contributed by atoms with Crippen molar-refractivity contribution in [2.45, 2.75) is 13.0 Å². The van der Waals surface area contributed by atoms with E-state index in [1.807, 2.05) is 0 Å². The van der Waals surface area contributed by atoms with Gasteiger partial charge in [0.1, 0.15) is 11.6 Å². The highest BCUT2D eigenvalue weighted by Crippen LogP contribution is 2.22. The predicted molar refractivity (Wildman–Crippen MR) is 79.7 cm³/mol. The Labute approximate surface area is 128 Å². The molecule has 0 bridgehead atoms. The molecule has 3 aromatic rings. The summed E-state index contributed by atoms with van der Waals surface area (Å²) in [5.74, 6) is -1.98. The van der Waals surface area contributed by atoms with Crippen molar-refractivity contribution in [2.75, 3.05) is 0 Å². The first-order valence-corrected chi connectivity index (χ1v) is 7.37. The molecule has 1 aromatic carbocycles.